The molecule has 0 radical (unpaired) electrons. The number of oxime groups is 1. The largest absolute Gasteiger partial charge is 0.483 e. The minimum absolute atomic E-state index is 0.0194. The topological polar surface area (TPSA) is 122 Å². The molecule has 0 aliphatic carbocycles. The zero-order valence-electron chi connectivity index (χ0n) is 23.5. The summed E-state index contributed by atoms with van der Waals surface area (Å²) in [4.78, 5) is 48.9. The second-order valence-corrected chi connectivity index (χ2v) is 11.2. The molecule has 3 aromatic rings. The van der Waals surface area contributed by atoms with Crippen molar-refractivity contribution in [3.05, 3.63) is 99.0 Å². The van der Waals surface area contributed by atoms with Gasteiger partial charge in [-0.3, -0.25) is 14.4 Å². The van der Waals surface area contributed by atoms with Gasteiger partial charge < -0.3 is 29.5 Å². The van der Waals surface area contributed by atoms with Gasteiger partial charge in [-0.2, -0.15) is 0 Å². The van der Waals surface area contributed by atoms with Crippen LogP contribution in [0.5, 0.6) is 5.75 Å². The molecule has 4 atom stereocenters. The molecule has 4 heterocycles. The number of ether oxygens (including phenoxy) is 1. The highest BCUT2D eigenvalue weighted by Gasteiger charge is 2.58. The van der Waals surface area contributed by atoms with Gasteiger partial charge in [0.15, 0.2) is 17.0 Å². The molecule has 10 nitrogen and oxygen atoms in total. The number of aliphatic hydroxyl groups excluding tert-OH is 1. The van der Waals surface area contributed by atoms with Crippen LogP contribution in [0.1, 0.15) is 64.7 Å². The molecule has 1 aromatic heterocycles. The van der Waals surface area contributed by atoms with Crippen molar-refractivity contribution in [1.82, 2.24) is 14.8 Å². The van der Waals surface area contributed by atoms with E-state index in [1.54, 1.807) is 36.1 Å². The quantitative estimate of drug-likeness (QED) is 0.453. The number of hydrogen-bond donors (Lipinski definition) is 2. The molecule has 3 aliphatic rings. The smallest absolute Gasteiger partial charge is 0.274 e. The minimum atomic E-state index is -1.26. The summed E-state index contributed by atoms with van der Waals surface area (Å²) in [6.07, 6.45) is 1.02. The lowest BCUT2D eigenvalue weighted by atomic mass is 9.82. The van der Waals surface area contributed by atoms with Gasteiger partial charge in [-0.1, -0.05) is 41.6 Å². The predicted octanol–water partition coefficient (Wildman–Crippen LogP) is 3.32. The molecule has 1 spiro atoms. The fraction of sp³-hybridized carbons (Fsp3) is 0.355. The van der Waals surface area contributed by atoms with E-state index in [1.165, 1.54) is 16.8 Å². The van der Waals surface area contributed by atoms with Crippen molar-refractivity contribution in [2.24, 2.45) is 5.16 Å². The highest BCUT2D eigenvalue weighted by molar-refractivity contribution is 5.99. The normalized spacial score (nSPS) is 24.2. The molecule has 0 unspecified atom stereocenters. The summed E-state index contributed by atoms with van der Waals surface area (Å²) in [6, 6.07) is 11.0. The number of rotatable bonds is 6. The number of aliphatic hydroxyl groups is 1. The zero-order valence-corrected chi connectivity index (χ0v) is 23.5. The van der Waals surface area contributed by atoms with E-state index in [1.807, 2.05) is 13.0 Å². The molecule has 0 saturated carbocycles. The number of nitrogens with zero attached hydrogens (tertiary/aromatic N) is 3. The van der Waals surface area contributed by atoms with Crippen LogP contribution in [0.3, 0.4) is 0 Å². The van der Waals surface area contributed by atoms with Crippen LogP contribution in [0.2, 0.25) is 0 Å². The SMILES string of the molecule is CC1=NO[C@@]2(CC[C@H](C)N3C[C@H]2n2cc(C(=O)NCc4ccc(F)cc4F)c(=O)c(OCc4ccccc4)c2C3=O)[C@@H]1O. The molecule has 2 bridgehead atoms. The molecule has 12 heteroatoms. The lowest BCUT2D eigenvalue weighted by Gasteiger charge is -2.43. The second kappa shape index (κ2) is 10.9. The van der Waals surface area contributed by atoms with Gasteiger partial charge in [0.05, 0.1) is 11.8 Å². The minimum Gasteiger partial charge on any atom is -0.483 e. The maximum atomic E-state index is 14.3. The van der Waals surface area contributed by atoms with E-state index in [9.17, 15) is 28.3 Å². The predicted molar refractivity (Wildman–Crippen MR) is 151 cm³/mol. The van der Waals surface area contributed by atoms with Crippen molar-refractivity contribution in [1.29, 1.82) is 0 Å². The third kappa shape index (κ3) is 4.85. The molecule has 43 heavy (non-hydrogen) atoms. The first-order valence-electron chi connectivity index (χ1n) is 14.0. The summed E-state index contributed by atoms with van der Waals surface area (Å²) in [7, 11) is 0. The lowest BCUT2D eigenvalue weighted by molar-refractivity contribution is -0.114. The lowest BCUT2D eigenvalue weighted by Crippen LogP contribution is -2.56. The number of hydrogen-bond acceptors (Lipinski definition) is 7. The maximum Gasteiger partial charge on any atom is 0.274 e. The Balaban J connectivity index is 1.47. The molecular weight excluding hydrogens is 562 g/mol. The highest BCUT2D eigenvalue weighted by Crippen LogP contribution is 2.46. The van der Waals surface area contributed by atoms with E-state index in [0.717, 1.165) is 11.6 Å². The van der Waals surface area contributed by atoms with Crippen molar-refractivity contribution >= 4 is 17.5 Å². The number of aromatic nitrogens is 1. The van der Waals surface area contributed by atoms with Crippen LogP contribution in [-0.4, -0.2) is 56.4 Å². The molecule has 3 aliphatic heterocycles. The van der Waals surface area contributed by atoms with Crippen molar-refractivity contribution in [3.8, 4) is 5.75 Å². The fourth-order valence-electron chi connectivity index (χ4n) is 6.08. The van der Waals surface area contributed by atoms with E-state index in [0.29, 0.717) is 24.6 Å². The van der Waals surface area contributed by atoms with Gasteiger partial charge in [-0.25, -0.2) is 8.78 Å². The molecule has 1 fully saturated rings. The van der Waals surface area contributed by atoms with Crippen LogP contribution in [0.25, 0.3) is 0 Å². The van der Waals surface area contributed by atoms with Gasteiger partial charge in [0.1, 0.15) is 29.9 Å². The van der Waals surface area contributed by atoms with Crippen molar-refractivity contribution in [2.45, 2.75) is 63.6 Å². The van der Waals surface area contributed by atoms with Gasteiger partial charge >= 0.3 is 0 Å². The van der Waals surface area contributed by atoms with Crippen LogP contribution in [0.15, 0.2) is 64.7 Å². The van der Waals surface area contributed by atoms with Gasteiger partial charge in [0.2, 0.25) is 5.43 Å². The number of benzene rings is 2. The van der Waals surface area contributed by atoms with Crippen LogP contribution in [0.4, 0.5) is 8.78 Å². The summed E-state index contributed by atoms with van der Waals surface area (Å²) >= 11 is 0. The first-order chi connectivity index (χ1) is 20.6. The standard InChI is InChI=1S/C31H30F2N4O6/c1-17-10-11-31(28(39)18(2)35-43-31)24-15-36(17)30(41)25-27(42-16-19-6-4-3-5-7-19)26(38)22(14-37(24)25)29(40)34-13-20-8-9-21(32)12-23(20)33/h3-9,12,14,17,24,28,39H,10-11,13,15-16H2,1-2H3,(H,34,40)/t17-,24+,28+,31+/m0/s1. The summed E-state index contributed by atoms with van der Waals surface area (Å²) in [6.45, 7) is 3.29. The van der Waals surface area contributed by atoms with Crippen molar-refractivity contribution in [2.75, 3.05) is 6.54 Å². The number of carbonyl (C=O) groups excluding carboxylic acids is 2. The average Bonchev–Trinajstić information content (AvgIpc) is 3.20. The Morgan fingerprint density at radius 2 is 1.98 bits per heavy atom. The number of carbonyl (C=O) groups is 2. The number of pyridine rings is 1. The molecule has 224 valence electrons. The summed E-state index contributed by atoms with van der Waals surface area (Å²) in [5.41, 5.74) is -1.38. The summed E-state index contributed by atoms with van der Waals surface area (Å²) in [5, 5.41) is 17.9. The zero-order chi connectivity index (χ0) is 30.5. The first kappa shape index (κ1) is 28.5. The van der Waals surface area contributed by atoms with Crippen LogP contribution < -0.4 is 15.5 Å². The number of halogens is 2. The molecule has 2 amide bonds. The highest BCUT2D eigenvalue weighted by atomic mass is 19.1. The van der Waals surface area contributed by atoms with Gasteiger partial charge in [0.25, 0.3) is 11.8 Å². The third-order valence-electron chi connectivity index (χ3n) is 8.55. The number of amides is 2. The Morgan fingerprint density at radius 1 is 1.21 bits per heavy atom. The van der Waals surface area contributed by atoms with Crippen LogP contribution in [0, 0.1) is 11.6 Å². The van der Waals surface area contributed by atoms with E-state index in [-0.39, 0.29) is 48.3 Å². The van der Waals surface area contributed by atoms with Crippen molar-refractivity contribution < 1.29 is 33.1 Å². The Kier molecular flexibility index (Phi) is 7.25. The monoisotopic (exact) mass is 592 g/mol. The molecular formula is C31H30F2N4O6. The summed E-state index contributed by atoms with van der Waals surface area (Å²) < 4.78 is 35.1. The molecule has 1 saturated heterocycles. The molecule has 2 aromatic carbocycles. The summed E-state index contributed by atoms with van der Waals surface area (Å²) in [5.74, 6) is -3.23. The first-order valence-corrected chi connectivity index (χ1v) is 14.0. The Labute approximate surface area is 245 Å². The molecule has 6 rings (SSSR count). The van der Waals surface area contributed by atoms with Crippen LogP contribution >= 0.6 is 0 Å². The maximum absolute atomic E-state index is 14.3. The number of nitrogens with one attached hydrogen (secondary N) is 1. The Morgan fingerprint density at radius 3 is 2.67 bits per heavy atom. The van der Waals surface area contributed by atoms with E-state index in [2.05, 4.69) is 10.5 Å². The van der Waals surface area contributed by atoms with Crippen molar-refractivity contribution in [3.63, 3.8) is 0 Å². The van der Waals surface area contributed by atoms with E-state index < -0.39 is 46.6 Å². The fourth-order valence-corrected chi connectivity index (χ4v) is 6.08. The second-order valence-electron chi connectivity index (χ2n) is 11.2. The Bertz CT molecular complexity index is 1690. The average molecular weight is 593 g/mol. The third-order valence-corrected chi connectivity index (χ3v) is 8.55. The van der Waals surface area contributed by atoms with Gasteiger partial charge in [-0.15, -0.1) is 0 Å². The van der Waals surface area contributed by atoms with E-state index in [4.69, 9.17) is 9.57 Å². The molecule has 2 N–H and O–H groups in total. The van der Waals surface area contributed by atoms with E-state index >= 15 is 0 Å². The van der Waals surface area contributed by atoms with Gasteiger partial charge in [-0.05, 0) is 38.3 Å². The number of fused-ring (bicyclic) bond motifs is 5. The van der Waals surface area contributed by atoms with Crippen LogP contribution in [-0.2, 0) is 18.0 Å². The van der Waals surface area contributed by atoms with Gasteiger partial charge in [0, 0.05) is 37.0 Å². The Hall–Kier alpha value is -4.58.